The third-order valence-corrected chi connectivity index (χ3v) is 8.64. The molecular formula is C37H74N2O3. The monoisotopic (exact) mass is 595 g/mol. The molecule has 0 aromatic rings. The number of carbonyl (C=O) groups excluding carboxylic acids is 2. The molecule has 0 aromatic carbocycles. The molecule has 0 radical (unpaired) electrons. The summed E-state index contributed by atoms with van der Waals surface area (Å²) < 4.78 is 6.01. The molecule has 0 saturated heterocycles. The summed E-state index contributed by atoms with van der Waals surface area (Å²) in [5, 5.41) is 0. The molecule has 0 heterocycles. The number of hydrogen-bond acceptors (Lipinski definition) is 4. The van der Waals surface area contributed by atoms with E-state index in [0.717, 1.165) is 51.7 Å². The first kappa shape index (κ1) is 40.9. The summed E-state index contributed by atoms with van der Waals surface area (Å²) >= 11 is 0. The van der Waals surface area contributed by atoms with Crippen LogP contribution in [0.4, 0.5) is 0 Å². The smallest absolute Gasteiger partial charge is 0.306 e. The first-order valence-electron chi connectivity index (χ1n) is 18.7. The highest BCUT2D eigenvalue weighted by Crippen LogP contribution is 2.18. The largest absolute Gasteiger partial charge is 0.462 e. The van der Waals surface area contributed by atoms with E-state index in [0.29, 0.717) is 12.8 Å². The van der Waals surface area contributed by atoms with Crippen molar-refractivity contribution in [1.82, 2.24) is 4.90 Å². The van der Waals surface area contributed by atoms with Crippen LogP contribution in [0.1, 0.15) is 201 Å². The van der Waals surface area contributed by atoms with Crippen molar-refractivity contribution in [3.63, 3.8) is 0 Å². The Morgan fingerprint density at radius 2 is 0.881 bits per heavy atom. The first-order chi connectivity index (χ1) is 20.5. The normalized spacial score (nSPS) is 11.5. The molecule has 0 bridgehead atoms. The number of rotatable bonds is 34. The fourth-order valence-electron chi connectivity index (χ4n) is 5.87. The second-order valence-electron chi connectivity index (χ2n) is 12.9. The molecule has 5 heteroatoms. The summed E-state index contributed by atoms with van der Waals surface area (Å²) in [6.45, 7) is 10.0. The van der Waals surface area contributed by atoms with Gasteiger partial charge in [0.2, 0.25) is 5.91 Å². The fourth-order valence-corrected chi connectivity index (χ4v) is 5.87. The average Bonchev–Trinajstić information content (AvgIpc) is 2.97. The second kappa shape index (κ2) is 32.8. The zero-order valence-electron chi connectivity index (χ0n) is 28.7. The van der Waals surface area contributed by atoms with Gasteiger partial charge in [-0.2, -0.15) is 0 Å². The summed E-state index contributed by atoms with van der Waals surface area (Å²) in [4.78, 5) is 26.3. The Balaban J connectivity index is 4.20. The van der Waals surface area contributed by atoms with Gasteiger partial charge in [-0.1, -0.05) is 136 Å². The lowest BCUT2D eigenvalue weighted by molar-refractivity contribution is -0.150. The van der Waals surface area contributed by atoms with Gasteiger partial charge in [0.1, 0.15) is 6.10 Å². The predicted molar refractivity (Wildman–Crippen MR) is 182 cm³/mol. The van der Waals surface area contributed by atoms with E-state index >= 15 is 0 Å². The third kappa shape index (κ3) is 30.4. The lowest BCUT2D eigenvalue weighted by Crippen LogP contribution is -2.28. The summed E-state index contributed by atoms with van der Waals surface area (Å²) in [5.74, 6) is -0.166. The van der Waals surface area contributed by atoms with Crippen LogP contribution in [-0.2, 0) is 14.3 Å². The van der Waals surface area contributed by atoms with Gasteiger partial charge in [0.05, 0.1) is 0 Å². The second-order valence-corrected chi connectivity index (χ2v) is 12.9. The maximum Gasteiger partial charge on any atom is 0.306 e. The lowest BCUT2D eigenvalue weighted by atomic mass is 10.0. The number of nitrogens with two attached hydrogens (primary N) is 1. The van der Waals surface area contributed by atoms with E-state index in [2.05, 4.69) is 25.7 Å². The molecule has 0 aliphatic rings. The summed E-state index contributed by atoms with van der Waals surface area (Å²) in [6.07, 6.45) is 33.1. The quantitative estimate of drug-likeness (QED) is 0.0594. The SMILES string of the molecule is CCCCCCCCC(CCCCCCCC)OC(=O)CCCCCCCN(CCCCCCCC)CCCC(N)=O. The highest BCUT2D eigenvalue weighted by atomic mass is 16.5. The van der Waals surface area contributed by atoms with Crippen molar-refractivity contribution in [3.05, 3.63) is 0 Å². The van der Waals surface area contributed by atoms with Crippen molar-refractivity contribution in [2.24, 2.45) is 5.73 Å². The Kier molecular flexibility index (Phi) is 31.9. The third-order valence-electron chi connectivity index (χ3n) is 8.64. The van der Waals surface area contributed by atoms with E-state index in [1.54, 1.807) is 0 Å². The standard InChI is InChI=1S/C37H74N2O3/c1-4-7-10-13-17-22-28-35(29-23-18-14-11-8-5-2)42-37(41)31-24-19-16-21-26-33-39(34-27-30-36(38)40)32-25-20-15-12-9-6-3/h35H,4-34H2,1-3H3,(H2,38,40). The predicted octanol–water partition coefficient (Wildman–Crippen LogP) is 10.7. The zero-order chi connectivity index (χ0) is 30.9. The molecule has 0 fully saturated rings. The molecule has 250 valence electrons. The molecule has 0 atom stereocenters. The average molecular weight is 595 g/mol. The molecule has 0 aliphatic carbocycles. The summed E-state index contributed by atoms with van der Waals surface area (Å²) in [6, 6.07) is 0. The van der Waals surface area contributed by atoms with Crippen LogP contribution in [0.2, 0.25) is 0 Å². The minimum absolute atomic E-state index is 0.0246. The summed E-state index contributed by atoms with van der Waals surface area (Å²) in [5.41, 5.74) is 5.36. The van der Waals surface area contributed by atoms with E-state index in [4.69, 9.17) is 10.5 Å². The molecule has 2 N–H and O–H groups in total. The topological polar surface area (TPSA) is 72.6 Å². The number of unbranched alkanes of at least 4 members (excludes halogenated alkanes) is 19. The molecular weight excluding hydrogens is 520 g/mol. The van der Waals surface area contributed by atoms with Gasteiger partial charge in [-0.25, -0.2) is 0 Å². The Bertz CT molecular complexity index is 567. The summed E-state index contributed by atoms with van der Waals surface area (Å²) in [7, 11) is 0. The van der Waals surface area contributed by atoms with Crippen LogP contribution < -0.4 is 5.73 Å². The number of ether oxygens (including phenoxy) is 1. The maximum absolute atomic E-state index is 12.6. The first-order valence-corrected chi connectivity index (χ1v) is 18.7. The number of primary amides is 1. The number of amides is 1. The molecule has 0 aromatic heterocycles. The van der Waals surface area contributed by atoms with Crippen LogP contribution in [0.15, 0.2) is 0 Å². The van der Waals surface area contributed by atoms with Gasteiger partial charge in [-0.15, -0.1) is 0 Å². The molecule has 0 aliphatic heterocycles. The molecule has 5 nitrogen and oxygen atoms in total. The number of nitrogens with zero attached hydrogens (tertiary/aromatic N) is 1. The molecule has 0 unspecified atom stereocenters. The van der Waals surface area contributed by atoms with Crippen LogP contribution in [0.25, 0.3) is 0 Å². The molecule has 0 spiro atoms. The Morgan fingerprint density at radius 3 is 1.33 bits per heavy atom. The van der Waals surface area contributed by atoms with E-state index < -0.39 is 0 Å². The lowest BCUT2D eigenvalue weighted by Gasteiger charge is -2.22. The van der Waals surface area contributed by atoms with Gasteiger partial charge < -0.3 is 15.4 Å². The molecule has 1 amide bonds. The molecule has 0 rings (SSSR count). The van der Waals surface area contributed by atoms with Gasteiger partial charge >= 0.3 is 5.97 Å². The van der Waals surface area contributed by atoms with Crippen molar-refractivity contribution >= 4 is 11.9 Å². The Labute approximate surface area is 262 Å². The van der Waals surface area contributed by atoms with Gasteiger partial charge in [0.15, 0.2) is 0 Å². The van der Waals surface area contributed by atoms with Gasteiger partial charge in [-0.3, -0.25) is 9.59 Å². The van der Waals surface area contributed by atoms with Gasteiger partial charge in [0.25, 0.3) is 0 Å². The fraction of sp³-hybridized carbons (Fsp3) is 0.946. The van der Waals surface area contributed by atoms with Crippen LogP contribution in [0, 0.1) is 0 Å². The van der Waals surface area contributed by atoms with Crippen molar-refractivity contribution in [1.29, 1.82) is 0 Å². The van der Waals surface area contributed by atoms with Gasteiger partial charge in [0, 0.05) is 12.8 Å². The Hall–Kier alpha value is -1.10. The minimum atomic E-state index is -0.191. The highest BCUT2D eigenvalue weighted by molar-refractivity contribution is 5.73. The van der Waals surface area contributed by atoms with Crippen molar-refractivity contribution < 1.29 is 14.3 Å². The number of carbonyl (C=O) groups is 2. The van der Waals surface area contributed by atoms with Crippen LogP contribution in [0.5, 0.6) is 0 Å². The Morgan fingerprint density at radius 1 is 0.500 bits per heavy atom. The van der Waals surface area contributed by atoms with Crippen LogP contribution >= 0.6 is 0 Å². The van der Waals surface area contributed by atoms with Crippen molar-refractivity contribution in [2.75, 3.05) is 19.6 Å². The maximum atomic E-state index is 12.6. The van der Waals surface area contributed by atoms with Crippen molar-refractivity contribution in [2.45, 2.75) is 207 Å². The van der Waals surface area contributed by atoms with Crippen LogP contribution in [-0.4, -0.2) is 42.5 Å². The van der Waals surface area contributed by atoms with E-state index in [9.17, 15) is 9.59 Å². The number of esters is 1. The van der Waals surface area contributed by atoms with E-state index in [1.165, 1.54) is 135 Å². The zero-order valence-corrected chi connectivity index (χ0v) is 28.7. The van der Waals surface area contributed by atoms with Crippen molar-refractivity contribution in [3.8, 4) is 0 Å². The van der Waals surface area contributed by atoms with Crippen LogP contribution in [0.3, 0.4) is 0 Å². The molecule has 42 heavy (non-hydrogen) atoms. The van der Waals surface area contributed by atoms with Gasteiger partial charge in [-0.05, 0) is 71.0 Å². The molecule has 0 saturated carbocycles. The highest BCUT2D eigenvalue weighted by Gasteiger charge is 2.14. The number of hydrogen-bond donors (Lipinski definition) is 1. The van der Waals surface area contributed by atoms with E-state index in [-0.39, 0.29) is 18.0 Å². The minimum Gasteiger partial charge on any atom is -0.462 e. The van der Waals surface area contributed by atoms with E-state index in [1.807, 2.05) is 0 Å².